The third kappa shape index (κ3) is 3.37. The quantitative estimate of drug-likeness (QED) is 0.851. The molecule has 0 bridgehead atoms. The number of halogens is 1. The molecule has 116 valence electrons. The molecule has 1 aliphatic heterocycles. The van der Waals surface area contributed by atoms with Gasteiger partial charge in [-0.1, -0.05) is 19.8 Å². The summed E-state index contributed by atoms with van der Waals surface area (Å²) in [6.07, 6.45) is 5.86. The lowest BCUT2D eigenvalue weighted by atomic mass is 9.90. The van der Waals surface area contributed by atoms with Gasteiger partial charge in [-0.05, 0) is 30.9 Å². The van der Waals surface area contributed by atoms with Gasteiger partial charge in [-0.2, -0.15) is 15.0 Å². The Hall–Kier alpha value is -1.14. The molecule has 0 N–H and O–H groups in total. The van der Waals surface area contributed by atoms with Gasteiger partial charge in [0, 0.05) is 6.54 Å². The summed E-state index contributed by atoms with van der Waals surface area (Å²) in [6, 6.07) is 0.649. The molecule has 0 aromatic carbocycles. The summed E-state index contributed by atoms with van der Waals surface area (Å²) in [5.74, 6) is 0.612. The molecular formula is C14H21ClN4O2. The Morgan fingerprint density at radius 2 is 2.14 bits per heavy atom. The Morgan fingerprint density at radius 1 is 1.29 bits per heavy atom. The van der Waals surface area contributed by atoms with Gasteiger partial charge in [0.25, 0.3) is 0 Å². The second kappa shape index (κ2) is 6.75. The first kappa shape index (κ1) is 14.8. The third-order valence-corrected chi connectivity index (χ3v) is 4.17. The van der Waals surface area contributed by atoms with Crippen molar-refractivity contribution in [3.05, 3.63) is 5.28 Å². The van der Waals surface area contributed by atoms with Gasteiger partial charge in [0.05, 0.1) is 25.4 Å². The highest BCUT2D eigenvalue weighted by Crippen LogP contribution is 2.31. The molecule has 2 heterocycles. The van der Waals surface area contributed by atoms with Crippen molar-refractivity contribution in [2.45, 2.75) is 51.2 Å². The minimum absolute atomic E-state index is 0.185. The number of rotatable bonds is 4. The van der Waals surface area contributed by atoms with E-state index in [0.717, 1.165) is 25.8 Å². The Bertz CT molecular complexity index is 486. The number of ether oxygens (including phenoxy) is 2. The second-order valence-corrected chi connectivity index (χ2v) is 5.83. The summed E-state index contributed by atoms with van der Waals surface area (Å²) in [7, 11) is 0. The van der Waals surface area contributed by atoms with Gasteiger partial charge >= 0.3 is 6.01 Å². The number of hydrogen-bond acceptors (Lipinski definition) is 6. The van der Waals surface area contributed by atoms with Crippen LogP contribution in [-0.4, -0.2) is 46.9 Å². The molecule has 1 aromatic rings. The molecule has 0 amide bonds. The first-order valence-corrected chi connectivity index (χ1v) is 8.08. The first-order chi connectivity index (χ1) is 10.3. The van der Waals surface area contributed by atoms with E-state index in [1.807, 2.05) is 6.92 Å². The van der Waals surface area contributed by atoms with Crippen molar-refractivity contribution in [1.29, 1.82) is 0 Å². The van der Waals surface area contributed by atoms with Crippen LogP contribution in [0.5, 0.6) is 6.01 Å². The van der Waals surface area contributed by atoms with Gasteiger partial charge in [-0.25, -0.2) is 0 Å². The van der Waals surface area contributed by atoms with Crippen molar-refractivity contribution in [2.75, 3.05) is 24.7 Å². The Balaban J connectivity index is 1.82. The van der Waals surface area contributed by atoms with E-state index in [9.17, 15) is 0 Å². The van der Waals surface area contributed by atoms with Crippen LogP contribution in [0.25, 0.3) is 0 Å². The molecule has 21 heavy (non-hydrogen) atoms. The van der Waals surface area contributed by atoms with Crippen molar-refractivity contribution in [3.63, 3.8) is 0 Å². The molecule has 7 heteroatoms. The monoisotopic (exact) mass is 312 g/mol. The smallest absolute Gasteiger partial charge is 0.322 e. The van der Waals surface area contributed by atoms with Gasteiger partial charge < -0.3 is 14.4 Å². The largest absolute Gasteiger partial charge is 0.463 e. The van der Waals surface area contributed by atoms with Crippen molar-refractivity contribution >= 4 is 17.5 Å². The fourth-order valence-corrected chi connectivity index (χ4v) is 3.20. The summed E-state index contributed by atoms with van der Waals surface area (Å²) in [5.41, 5.74) is 0. The Labute approximate surface area is 129 Å². The standard InChI is InChI=1S/C14H21ClN4O2/c1-2-8-21-14-17-12(15)16-13(18-14)19-7-9-20-11-6-4-3-5-10(11)19/h10-11H,2-9H2,1H3. The van der Waals surface area contributed by atoms with Crippen LogP contribution in [0.4, 0.5) is 5.95 Å². The minimum Gasteiger partial charge on any atom is -0.463 e. The zero-order chi connectivity index (χ0) is 14.7. The topological polar surface area (TPSA) is 60.4 Å². The predicted octanol–water partition coefficient (Wildman–Crippen LogP) is 2.46. The highest BCUT2D eigenvalue weighted by molar-refractivity contribution is 6.28. The summed E-state index contributed by atoms with van der Waals surface area (Å²) < 4.78 is 11.4. The minimum atomic E-state index is 0.185. The van der Waals surface area contributed by atoms with Crippen LogP contribution in [-0.2, 0) is 4.74 Å². The van der Waals surface area contributed by atoms with Crippen LogP contribution in [0.1, 0.15) is 39.0 Å². The number of morpholine rings is 1. The van der Waals surface area contributed by atoms with Crippen molar-refractivity contribution in [2.24, 2.45) is 0 Å². The van der Waals surface area contributed by atoms with Gasteiger partial charge in [0.1, 0.15) is 0 Å². The maximum atomic E-state index is 6.02. The molecule has 2 aliphatic rings. The van der Waals surface area contributed by atoms with E-state index in [0.29, 0.717) is 31.2 Å². The number of hydrogen-bond donors (Lipinski definition) is 0. The van der Waals surface area contributed by atoms with Gasteiger partial charge in [0.15, 0.2) is 0 Å². The number of fused-ring (bicyclic) bond motifs is 1. The number of nitrogens with zero attached hydrogens (tertiary/aromatic N) is 4. The fraction of sp³-hybridized carbons (Fsp3) is 0.786. The number of aromatic nitrogens is 3. The van der Waals surface area contributed by atoms with Crippen molar-refractivity contribution in [3.8, 4) is 6.01 Å². The molecule has 2 fully saturated rings. The molecule has 0 spiro atoms. The van der Waals surface area contributed by atoms with Crippen LogP contribution >= 0.6 is 11.6 Å². The molecule has 2 unspecified atom stereocenters. The average Bonchev–Trinajstić information content (AvgIpc) is 2.52. The van der Waals surface area contributed by atoms with E-state index in [1.165, 1.54) is 12.8 Å². The molecule has 1 aliphatic carbocycles. The molecule has 2 atom stereocenters. The maximum Gasteiger partial charge on any atom is 0.322 e. The lowest BCUT2D eigenvalue weighted by Crippen LogP contribution is -2.53. The predicted molar refractivity (Wildman–Crippen MR) is 80.0 cm³/mol. The molecule has 1 saturated carbocycles. The van der Waals surface area contributed by atoms with Gasteiger partial charge in [0.2, 0.25) is 11.2 Å². The van der Waals surface area contributed by atoms with E-state index in [1.54, 1.807) is 0 Å². The van der Waals surface area contributed by atoms with Crippen molar-refractivity contribution in [1.82, 2.24) is 15.0 Å². The number of anilines is 1. The summed E-state index contributed by atoms with van der Waals surface area (Å²) in [5, 5.41) is 0.185. The second-order valence-electron chi connectivity index (χ2n) is 5.49. The lowest BCUT2D eigenvalue weighted by molar-refractivity contribution is -0.00939. The Morgan fingerprint density at radius 3 is 3.00 bits per heavy atom. The van der Waals surface area contributed by atoms with E-state index in [-0.39, 0.29) is 11.4 Å². The summed E-state index contributed by atoms with van der Waals surface area (Å²) >= 11 is 6.02. The first-order valence-electron chi connectivity index (χ1n) is 7.70. The van der Waals surface area contributed by atoms with Crippen LogP contribution in [0, 0.1) is 0 Å². The highest BCUT2D eigenvalue weighted by Gasteiger charge is 2.35. The van der Waals surface area contributed by atoms with Crippen LogP contribution in [0.2, 0.25) is 5.28 Å². The third-order valence-electron chi connectivity index (χ3n) is 4.00. The average molecular weight is 313 g/mol. The van der Waals surface area contributed by atoms with E-state index < -0.39 is 0 Å². The van der Waals surface area contributed by atoms with Crippen molar-refractivity contribution < 1.29 is 9.47 Å². The molecular weight excluding hydrogens is 292 g/mol. The normalized spacial score (nSPS) is 25.5. The molecule has 0 radical (unpaired) electrons. The van der Waals surface area contributed by atoms with Crippen LogP contribution < -0.4 is 9.64 Å². The van der Waals surface area contributed by atoms with Crippen LogP contribution in [0.3, 0.4) is 0 Å². The molecule has 6 nitrogen and oxygen atoms in total. The summed E-state index contributed by atoms with van der Waals surface area (Å²) in [6.45, 7) is 4.11. The van der Waals surface area contributed by atoms with Gasteiger partial charge in [-0.3, -0.25) is 0 Å². The fourth-order valence-electron chi connectivity index (χ4n) is 3.05. The lowest BCUT2D eigenvalue weighted by Gasteiger charge is -2.43. The van der Waals surface area contributed by atoms with E-state index >= 15 is 0 Å². The molecule has 3 rings (SSSR count). The molecule has 1 aromatic heterocycles. The summed E-state index contributed by atoms with van der Waals surface area (Å²) in [4.78, 5) is 15.0. The molecule has 1 saturated heterocycles. The highest BCUT2D eigenvalue weighted by atomic mass is 35.5. The SMILES string of the molecule is CCCOc1nc(Cl)nc(N2CCOC3CCCCC32)n1. The zero-order valence-corrected chi connectivity index (χ0v) is 13.1. The maximum absolute atomic E-state index is 6.02. The van der Waals surface area contributed by atoms with Gasteiger partial charge in [-0.15, -0.1) is 0 Å². The van der Waals surface area contributed by atoms with Crippen LogP contribution in [0.15, 0.2) is 0 Å². The van der Waals surface area contributed by atoms with E-state index in [4.69, 9.17) is 21.1 Å². The Kier molecular flexibility index (Phi) is 4.75. The van der Waals surface area contributed by atoms with E-state index in [2.05, 4.69) is 19.9 Å². The zero-order valence-electron chi connectivity index (χ0n) is 12.3.